The standard InChI is InChI=1S/C22H28N2O7/c1-4-5-6-7-8-12-31-22(27)17-14(2)23-20(25)19(21(26)30-3)18(17)15-10-9-11-16(13-15)24(28)29/h9-11,13,18,23,25H,4-8,12H2,1-3H3. The molecule has 1 heterocycles. The molecular formula is C22H28N2O7. The average Bonchev–Trinajstić information content (AvgIpc) is 2.75. The van der Waals surface area contributed by atoms with Crippen LogP contribution in [0.2, 0.25) is 0 Å². The summed E-state index contributed by atoms with van der Waals surface area (Å²) in [6.07, 6.45) is 4.91. The molecule has 1 atom stereocenters. The lowest BCUT2D eigenvalue weighted by Gasteiger charge is -2.28. The zero-order valence-corrected chi connectivity index (χ0v) is 18.0. The fraction of sp³-hybridized carbons (Fsp3) is 0.455. The van der Waals surface area contributed by atoms with E-state index in [1.165, 1.54) is 18.2 Å². The maximum Gasteiger partial charge on any atom is 0.340 e. The summed E-state index contributed by atoms with van der Waals surface area (Å²) in [5.74, 6) is -3.08. The van der Waals surface area contributed by atoms with Gasteiger partial charge >= 0.3 is 11.9 Å². The second kappa shape index (κ2) is 11.1. The third-order valence-corrected chi connectivity index (χ3v) is 5.06. The fourth-order valence-corrected chi connectivity index (χ4v) is 3.50. The Morgan fingerprint density at radius 3 is 2.52 bits per heavy atom. The summed E-state index contributed by atoms with van der Waals surface area (Å²) < 4.78 is 10.2. The van der Waals surface area contributed by atoms with Gasteiger partial charge in [-0.3, -0.25) is 10.1 Å². The number of non-ortho nitro benzene ring substituents is 1. The van der Waals surface area contributed by atoms with E-state index in [1.807, 2.05) is 0 Å². The first-order valence-corrected chi connectivity index (χ1v) is 10.2. The summed E-state index contributed by atoms with van der Waals surface area (Å²) in [5, 5.41) is 24.2. The first kappa shape index (κ1) is 23.9. The van der Waals surface area contributed by atoms with Gasteiger partial charge in [0, 0.05) is 17.8 Å². The van der Waals surface area contributed by atoms with Crippen LogP contribution in [-0.2, 0) is 19.1 Å². The molecule has 2 rings (SSSR count). The minimum Gasteiger partial charge on any atom is -0.494 e. The largest absolute Gasteiger partial charge is 0.494 e. The number of dihydropyridines is 1. The van der Waals surface area contributed by atoms with Gasteiger partial charge in [0.2, 0.25) is 0 Å². The van der Waals surface area contributed by atoms with Crippen LogP contribution in [0.15, 0.2) is 47.0 Å². The predicted octanol–water partition coefficient (Wildman–Crippen LogP) is 4.01. The van der Waals surface area contributed by atoms with E-state index in [0.29, 0.717) is 6.42 Å². The van der Waals surface area contributed by atoms with Crippen LogP contribution in [0.1, 0.15) is 57.4 Å². The highest BCUT2D eigenvalue weighted by Crippen LogP contribution is 2.39. The molecule has 0 saturated heterocycles. The molecule has 0 fully saturated rings. The van der Waals surface area contributed by atoms with Gasteiger partial charge in [-0.2, -0.15) is 0 Å². The number of hydrogen-bond acceptors (Lipinski definition) is 8. The van der Waals surface area contributed by atoms with Crippen LogP contribution >= 0.6 is 0 Å². The van der Waals surface area contributed by atoms with Crippen molar-refractivity contribution in [1.82, 2.24) is 5.32 Å². The van der Waals surface area contributed by atoms with Crippen LogP contribution in [0.3, 0.4) is 0 Å². The molecule has 1 unspecified atom stereocenters. The van der Waals surface area contributed by atoms with E-state index in [-0.39, 0.29) is 34.7 Å². The van der Waals surface area contributed by atoms with Crippen molar-refractivity contribution < 1.29 is 29.1 Å². The summed E-state index contributed by atoms with van der Waals surface area (Å²) >= 11 is 0. The number of methoxy groups -OCH3 is 1. The SMILES string of the molecule is CCCCCCCOC(=O)C1=C(C)NC(O)=C(C(=O)OC)C1c1cccc([N+](=O)[O-])c1. The van der Waals surface area contributed by atoms with Gasteiger partial charge in [-0.1, -0.05) is 44.7 Å². The molecule has 1 aliphatic rings. The molecule has 1 aromatic carbocycles. The molecule has 0 spiro atoms. The third-order valence-electron chi connectivity index (χ3n) is 5.06. The lowest BCUT2D eigenvalue weighted by Crippen LogP contribution is -2.33. The first-order chi connectivity index (χ1) is 14.8. The molecule has 31 heavy (non-hydrogen) atoms. The minimum absolute atomic E-state index is 0.0901. The monoisotopic (exact) mass is 432 g/mol. The van der Waals surface area contributed by atoms with Crippen LogP contribution in [0.4, 0.5) is 5.69 Å². The summed E-state index contributed by atoms with van der Waals surface area (Å²) in [6, 6.07) is 5.56. The Kier molecular flexibility index (Phi) is 8.60. The lowest BCUT2D eigenvalue weighted by atomic mass is 9.81. The molecule has 1 aromatic rings. The lowest BCUT2D eigenvalue weighted by molar-refractivity contribution is -0.384. The van der Waals surface area contributed by atoms with Gasteiger partial charge < -0.3 is 19.9 Å². The van der Waals surface area contributed by atoms with E-state index in [4.69, 9.17) is 9.47 Å². The number of nitro groups is 1. The topological polar surface area (TPSA) is 128 Å². The van der Waals surface area contributed by atoms with Crippen molar-refractivity contribution in [3.05, 3.63) is 62.7 Å². The first-order valence-electron chi connectivity index (χ1n) is 10.2. The Hall–Kier alpha value is -3.36. The van der Waals surface area contributed by atoms with E-state index in [0.717, 1.165) is 32.8 Å². The highest BCUT2D eigenvalue weighted by molar-refractivity contribution is 5.99. The normalized spacial score (nSPS) is 16.0. The van der Waals surface area contributed by atoms with Crippen LogP contribution in [0.5, 0.6) is 0 Å². The number of nitrogens with zero attached hydrogens (tertiary/aromatic N) is 1. The van der Waals surface area contributed by atoms with Crippen molar-refractivity contribution in [2.75, 3.05) is 13.7 Å². The Bertz CT molecular complexity index is 905. The van der Waals surface area contributed by atoms with Gasteiger partial charge in [0.15, 0.2) is 5.88 Å². The molecule has 0 bridgehead atoms. The van der Waals surface area contributed by atoms with Crippen molar-refractivity contribution in [3.63, 3.8) is 0 Å². The van der Waals surface area contributed by atoms with Crippen molar-refractivity contribution in [1.29, 1.82) is 0 Å². The maximum absolute atomic E-state index is 13.0. The molecular weight excluding hydrogens is 404 g/mol. The molecule has 9 heteroatoms. The number of ether oxygens (including phenoxy) is 2. The molecule has 1 aliphatic heterocycles. The zero-order chi connectivity index (χ0) is 23.0. The van der Waals surface area contributed by atoms with Crippen LogP contribution in [-0.4, -0.2) is 35.7 Å². The molecule has 0 amide bonds. The average molecular weight is 432 g/mol. The number of unbranched alkanes of at least 4 members (excludes halogenated alkanes) is 4. The van der Waals surface area contributed by atoms with Gasteiger partial charge in [-0.05, 0) is 18.9 Å². The second-order valence-corrected chi connectivity index (χ2v) is 7.25. The van der Waals surface area contributed by atoms with Gasteiger partial charge in [0.25, 0.3) is 5.69 Å². The summed E-state index contributed by atoms with van der Waals surface area (Å²) in [7, 11) is 1.15. The minimum atomic E-state index is -1.08. The highest BCUT2D eigenvalue weighted by Gasteiger charge is 2.39. The number of carbonyl (C=O) groups excluding carboxylic acids is 2. The molecule has 2 N–H and O–H groups in total. The van der Waals surface area contributed by atoms with Crippen LogP contribution in [0, 0.1) is 10.1 Å². The molecule has 168 valence electrons. The van der Waals surface area contributed by atoms with Crippen molar-refractivity contribution >= 4 is 17.6 Å². The quantitative estimate of drug-likeness (QED) is 0.246. The molecule has 9 nitrogen and oxygen atoms in total. The van der Waals surface area contributed by atoms with E-state index in [1.54, 1.807) is 13.0 Å². The van der Waals surface area contributed by atoms with Gasteiger partial charge in [0.05, 0.1) is 30.1 Å². The van der Waals surface area contributed by atoms with Crippen molar-refractivity contribution in [2.45, 2.75) is 51.9 Å². The number of hydrogen-bond donors (Lipinski definition) is 2. The highest BCUT2D eigenvalue weighted by atomic mass is 16.6. The number of carbonyl (C=O) groups is 2. The predicted molar refractivity (Wildman–Crippen MR) is 113 cm³/mol. The molecule has 0 aliphatic carbocycles. The number of rotatable bonds is 10. The smallest absolute Gasteiger partial charge is 0.340 e. The number of nitro benzene ring substituents is 1. The summed E-state index contributed by atoms with van der Waals surface area (Å²) in [5.41, 5.74) is 0.242. The van der Waals surface area contributed by atoms with E-state index >= 15 is 0 Å². The number of allylic oxidation sites excluding steroid dienone is 1. The van der Waals surface area contributed by atoms with E-state index in [2.05, 4.69) is 12.2 Å². The van der Waals surface area contributed by atoms with Crippen molar-refractivity contribution in [2.24, 2.45) is 0 Å². The molecule has 0 aromatic heterocycles. The van der Waals surface area contributed by atoms with Crippen LogP contribution in [0.25, 0.3) is 0 Å². The van der Waals surface area contributed by atoms with Gasteiger partial charge in [0.1, 0.15) is 5.57 Å². The number of aliphatic hydroxyl groups excluding tert-OH is 1. The zero-order valence-electron chi connectivity index (χ0n) is 18.0. The Morgan fingerprint density at radius 2 is 1.87 bits per heavy atom. The van der Waals surface area contributed by atoms with Gasteiger partial charge in [-0.25, -0.2) is 9.59 Å². The van der Waals surface area contributed by atoms with E-state index in [9.17, 15) is 24.8 Å². The fourth-order valence-electron chi connectivity index (χ4n) is 3.50. The maximum atomic E-state index is 13.0. The Labute approximate surface area is 180 Å². The Morgan fingerprint density at radius 1 is 1.16 bits per heavy atom. The third kappa shape index (κ3) is 5.84. The van der Waals surface area contributed by atoms with Gasteiger partial charge in [-0.15, -0.1) is 0 Å². The van der Waals surface area contributed by atoms with Crippen molar-refractivity contribution in [3.8, 4) is 0 Å². The number of nitrogens with one attached hydrogen (secondary N) is 1. The number of aliphatic hydroxyl groups is 1. The molecule has 0 radical (unpaired) electrons. The summed E-state index contributed by atoms with van der Waals surface area (Å²) in [6.45, 7) is 3.89. The molecule has 0 saturated carbocycles. The van der Waals surface area contributed by atoms with E-state index < -0.39 is 28.7 Å². The van der Waals surface area contributed by atoms with Crippen LogP contribution < -0.4 is 5.32 Å². The Balaban J connectivity index is 2.38. The second-order valence-electron chi connectivity index (χ2n) is 7.25. The number of esters is 2. The summed E-state index contributed by atoms with van der Waals surface area (Å²) in [4.78, 5) is 36.0. The number of benzene rings is 1.